The summed E-state index contributed by atoms with van der Waals surface area (Å²) in [5.74, 6) is 0. The van der Waals surface area contributed by atoms with E-state index in [0.29, 0.717) is 19.5 Å². The Morgan fingerprint density at radius 1 is 1.33 bits per heavy atom. The number of hydrogen-bond donors (Lipinski definition) is 1. The molecule has 1 saturated heterocycles. The van der Waals surface area contributed by atoms with E-state index in [1.54, 1.807) is 0 Å². The second kappa shape index (κ2) is 4.63. The Bertz CT molecular complexity index is 555. The molecule has 0 bridgehead atoms. The van der Waals surface area contributed by atoms with Crippen molar-refractivity contribution in [3.63, 3.8) is 0 Å². The number of nitrogens with zero attached hydrogens (tertiary/aromatic N) is 2. The third-order valence-corrected chi connectivity index (χ3v) is 4.75. The molecule has 0 saturated carbocycles. The SMILES string of the molecule is N[C@@H]1CCN(S(=O)(=O)c2ccc([N+](=O)[O-])cc2)C1. The van der Waals surface area contributed by atoms with Crippen LogP contribution in [0.3, 0.4) is 0 Å². The first-order valence-corrected chi connectivity index (χ1v) is 6.85. The lowest BCUT2D eigenvalue weighted by atomic mass is 10.3. The summed E-state index contributed by atoms with van der Waals surface area (Å²) in [4.78, 5) is 9.98. The number of nitro groups is 1. The Labute approximate surface area is 104 Å². The highest BCUT2D eigenvalue weighted by atomic mass is 32.2. The fraction of sp³-hybridized carbons (Fsp3) is 0.400. The van der Waals surface area contributed by atoms with Crippen LogP contribution in [0.4, 0.5) is 5.69 Å². The van der Waals surface area contributed by atoms with Gasteiger partial charge in [-0.3, -0.25) is 10.1 Å². The molecule has 2 rings (SSSR count). The van der Waals surface area contributed by atoms with Crippen molar-refractivity contribution in [1.82, 2.24) is 4.31 Å². The first-order valence-electron chi connectivity index (χ1n) is 5.41. The van der Waals surface area contributed by atoms with Gasteiger partial charge in [0.1, 0.15) is 0 Å². The molecule has 1 atom stereocenters. The van der Waals surface area contributed by atoms with E-state index in [-0.39, 0.29) is 16.6 Å². The highest BCUT2D eigenvalue weighted by molar-refractivity contribution is 7.89. The largest absolute Gasteiger partial charge is 0.326 e. The molecule has 1 aliphatic rings. The number of sulfonamides is 1. The van der Waals surface area contributed by atoms with Crippen LogP contribution in [-0.4, -0.2) is 36.8 Å². The first-order chi connectivity index (χ1) is 8.41. The van der Waals surface area contributed by atoms with E-state index < -0.39 is 14.9 Å². The zero-order chi connectivity index (χ0) is 13.3. The molecule has 18 heavy (non-hydrogen) atoms. The van der Waals surface area contributed by atoms with Crippen LogP contribution in [0.25, 0.3) is 0 Å². The minimum absolute atomic E-state index is 0.0576. The van der Waals surface area contributed by atoms with Crippen molar-refractivity contribution >= 4 is 15.7 Å². The molecule has 7 nitrogen and oxygen atoms in total. The van der Waals surface area contributed by atoms with Gasteiger partial charge in [0.15, 0.2) is 0 Å². The van der Waals surface area contributed by atoms with Crippen molar-refractivity contribution in [2.45, 2.75) is 17.4 Å². The summed E-state index contributed by atoms with van der Waals surface area (Å²) < 4.78 is 25.6. The molecule has 2 N–H and O–H groups in total. The average molecular weight is 271 g/mol. The summed E-state index contributed by atoms with van der Waals surface area (Å²) in [5.41, 5.74) is 5.54. The lowest BCUT2D eigenvalue weighted by Crippen LogP contribution is -2.31. The molecule has 1 aromatic carbocycles. The van der Waals surface area contributed by atoms with E-state index in [2.05, 4.69) is 0 Å². The van der Waals surface area contributed by atoms with Crippen molar-refractivity contribution in [1.29, 1.82) is 0 Å². The fourth-order valence-electron chi connectivity index (χ4n) is 1.86. The molecule has 8 heteroatoms. The minimum Gasteiger partial charge on any atom is -0.326 e. The fourth-order valence-corrected chi connectivity index (χ4v) is 3.37. The summed E-state index contributed by atoms with van der Waals surface area (Å²) in [6.45, 7) is 0.680. The van der Waals surface area contributed by atoms with Gasteiger partial charge in [0.25, 0.3) is 5.69 Å². The van der Waals surface area contributed by atoms with E-state index in [1.807, 2.05) is 0 Å². The van der Waals surface area contributed by atoms with E-state index >= 15 is 0 Å². The second-order valence-electron chi connectivity index (χ2n) is 4.16. The van der Waals surface area contributed by atoms with Gasteiger partial charge in [0.2, 0.25) is 10.0 Å². The quantitative estimate of drug-likeness (QED) is 0.629. The average Bonchev–Trinajstić information content (AvgIpc) is 2.76. The van der Waals surface area contributed by atoms with Crippen LogP contribution in [0.15, 0.2) is 29.2 Å². The van der Waals surface area contributed by atoms with Crippen LogP contribution in [0.1, 0.15) is 6.42 Å². The number of nitrogens with two attached hydrogens (primary N) is 1. The van der Waals surface area contributed by atoms with Gasteiger partial charge in [-0.2, -0.15) is 4.31 Å². The smallest absolute Gasteiger partial charge is 0.269 e. The standard InChI is InChI=1S/C10H13N3O4S/c11-8-5-6-12(7-8)18(16,17)10-3-1-9(2-4-10)13(14)15/h1-4,8H,5-7,11H2/t8-/m1/s1. The maximum absolute atomic E-state index is 12.2. The topological polar surface area (TPSA) is 107 Å². The number of hydrogen-bond acceptors (Lipinski definition) is 5. The molecule has 1 fully saturated rings. The second-order valence-corrected chi connectivity index (χ2v) is 6.10. The Morgan fingerprint density at radius 2 is 1.94 bits per heavy atom. The number of rotatable bonds is 3. The van der Waals surface area contributed by atoms with Crippen molar-refractivity contribution in [2.75, 3.05) is 13.1 Å². The van der Waals surface area contributed by atoms with E-state index in [1.165, 1.54) is 28.6 Å². The van der Waals surface area contributed by atoms with Gasteiger partial charge in [-0.15, -0.1) is 0 Å². The predicted molar refractivity (Wildman–Crippen MR) is 64.4 cm³/mol. The molecular weight excluding hydrogens is 258 g/mol. The zero-order valence-corrected chi connectivity index (χ0v) is 10.3. The van der Waals surface area contributed by atoms with E-state index in [0.717, 1.165) is 0 Å². The number of nitro benzene ring substituents is 1. The molecule has 1 aromatic rings. The molecule has 1 heterocycles. The molecule has 98 valence electrons. The van der Waals surface area contributed by atoms with Crippen LogP contribution in [0.2, 0.25) is 0 Å². The number of benzene rings is 1. The van der Waals surface area contributed by atoms with E-state index in [4.69, 9.17) is 5.73 Å². The summed E-state index contributed by atoms with van der Waals surface area (Å²) in [7, 11) is -3.58. The Kier molecular flexibility index (Phi) is 3.33. The van der Waals surface area contributed by atoms with Crippen LogP contribution in [-0.2, 0) is 10.0 Å². The maximum Gasteiger partial charge on any atom is 0.269 e. The molecular formula is C10H13N3O4S. The Morgan fingerprint density at radius 3 is 2.39 bits per heavy atom. The summed E-state index contributed by atoms with van der Waals surface area (Å²) in [6, 6.07) is 4.72. The Hall–Kier alpha value is -1.51. The zero-order valence-electron chi connectivity index (χ0n) is 9.52. The molecule has 0 aromatic heterocycles. The number of non-ortho nitro benzene ring substituents is 1. The highest BCUT2D eigenvalue weighted by Gasteiger charge is 2.31. The lowest BCUT2D eigenvalue weighted by Gasteiger charge is -2.15. The van der Waals surface area contributed by atoms with Gasteiger partial charge >= 0.3 is 0 Å². The molecule has 0 unspecified atom stereocenters. The van der Waals surface area contributed by atoms with Crippen molar-refractivity contribution in [3.05, 3.63) is 34.4 Å². The molecule has 0 radical (unpaired) electrons. The molecule has 1 aliphatic heterocycles. The van der Waals surface area contributed by atoms with Crippen LogP contribution < -0.4 is 5.73 Å². The molecule has 0 amide bonds. The van der Waals surface area contributed by atoms with Gasteiger partial charge in [-0.05, 0) is 18.6 Å². The third kappa shape index (κ3) is 2.35. The summed E-state index contributed by atoms with van der Waals surface area (Å²) in [6.07, 6.45) is 0.631. The van der Waals surface area contributed by atoms with Crippen molar-refractivity contribution < 1.29 is 13.3 Å². The van der Waals surface area contributed by atoms with Crippen LogP contribution >= 0.6 is 0 Å². The lowest BCUT2D eigenvalue weighted by molar-refractivity contribution is -0.384. The Balaban J connectivity index is 2.27. The summed E-state index contributed by atoms with van der Waals surface area (Å²) in [5, 5.41) is 10.5. The van der Waals surface area contributed by atoms with Gasteiger partial charge in [-0.1, -0.05) is 0 Å². The van der Waals surface area contributed by atoms with E-state index in [9.17, 15) is 18.5 Å². The van der Waals surface area contributed by atoms with Crippen LogP contribution in [0, 0.1) is 10.1 Å². The van der Waals surface area contributed by atoms with Crippen molar-refractivity contribution in [3.8, 4) is 0 Å². The van der Waals surface area contributed by atoms with Crippen LogP contribution in [0.5, 0.6) is 0 Å². The maximum atomic E-state index is 12.2. The third-order valence-electron chi connectivity index (χ3n) is 2.87. The van der Waals surface area contributed by atoms with Gasteiger partial charge in [0, 0.05) is 31.3 Å². The molecule has 0 spiro atoms. The monoisotopic (exact) mass is 271 g/mol. The van der Waals surface area contributed by atoms with Gasteiger partial charge < -0.3 is 5.73 Å². The first kappa shape index (κ1) is 12.9. The van der Waals surface area contributed by atoms with Gasteiger partial charge in [0.05, 0.1) is 9.82 Å². The summed E-state index contributed by atoms with van der Waals surface area (Å²) >= 11 is 0. The van der Waals surface area contributed by atoms with Gasteiger partial charge in [-0.25, -0.2) is 8.42 Å². The highest BCUT2D eigenvalue weighted by Crippen LogP contribution is 2.22. The predicted octanol–water partition coefficient (Wildman–Crippen LogP) is 0.316. The minimum atomic E-state index is -3.58. The van der Waals surface area contributed by atoms with Crippen molar-refractivity contribution in [2.24, 2.45) is 5.73 Å². The normalized spacial score (nSPS) is 21.1. The molecule has 0 aliphatic carbocycles.